The van der Waals surface area contributed by atoms with Crippen LogP contribution in [0.2, 0.25) is 0 Å². The van der Waals surface area contributed by atoms with E-state index < -0.39 is 0 Å². The second-order valence-electron chi connectivity index (χ2n) is 5.26. The topological polar surface area (TPSA) is 29.3 Å². The van der Waals surface area contributed by atoms with Gasteiger partial charge >= 0.3 is 0 Å². The van der Waals surface area contributed by atoms with E-state index in [-0.39, 0.29) is 11.9 Å². The van der Waals surface area contributed by atoms with Gasteiger partial charge in [0.2, 0.25) is 0 Å². The number of rotatable bonds is 4. The highest BCUT2D eigenvalue weighted by atomic mass is 19.1. The van der Waals surface area contributed by atoms with E-state index in [1.165, 1.54) is 44.2 Å². The summed E-state index contributed by atoms with van der Waals surface area (Å²) in [6.07, 6.45) is 6.50. The fourth-order valence-electron chi connectivity index (χ4n) is 2.97. The summed E-state index contributed by atoms with van der Waals surface area (Å²) in [5.74, 6) is -0.185. The van der Waals surface area contributed by atoms with Gasteiger partial charge in [-0.15, -0.1) is 0 Å². The van der Waals surface area contributed by atoms with Crippen LogP contribution >= 0.6 is 0 Å². The molecule has 2 N–H and O–H groups in total. The Bertz CT molecular complexity index is 357. The van der Waals surface area contributed by atoms with Crippen LogP contribution in [0.15, 0.2) is 24.3 Å². The van der Waals surface area contributed by atoms with Gasteiger partial charge in [-0.3, -0.25) is 4.90 Å². The lowest BCUT2D eigenvalue weighted by molar-refractivity contribution is 0.140. The molecule has 0 bridgehead atoms. The Morgan fingerprint density at radius 1 is 1.22 bits per heavy atom. The summed E-state index contributed by atoms with van der Waals surface area (Å²) in [6.45, 7) is 0.582. The maximum atomic E-state index is 13.0. The second kappa shape index (κ2) is 6.30. The summed E-state index contributed by atoms with van der Waals surface area (Å²) in [6, 6.07) is 7.57. The molecule has 18 heavy (non-hydrogen) atoms. The molecule has 1 aromatic rings. The SMILES string of the molecule is CN(C1CCCCC1)C(CN)c1ccc(F)cc1. The van der Waals surface area contributed by atoms with Gasteiger partial charge in [0.05, 0.1) is 0 Å². The van der Waals surface area contributed by atoms with Crippen LogP contribution < -0.4 is 5.73 Å². The van der Waals surface area contributed by atoms with Crippen LogP contribution in [0.5, 0.6) is 0 Å². The van der Waals surface area contributed by atoms with Crippen molar-refractivity contribution in [3.05, 3.63) is 35.6 Å². The number of nitrogens with zero attached hydrogens (tertiary/aromatic N) is 1. The van der Waals surface area contributed by atoms with Crippen molar-refractivity contribution >= 4 is 0 Å². The Hall–Kier alpha value is -0.930. The van der Waals surface area contributed by atoms with E-state index in [9.17, 15) is 4.39 Å². The number of nitrogens with two attached hydrogens (primary N) is 1. The van der Waals surface area contributed by atoms with Crippen molar-refractivity contribution in [3.8, 4) is 0 Å². The predicted octanol–water partition coefficient (Wildman–Crippen LogP) is 3.09. The number of hydrogen-bond acceptors (Lipinski definition) is 2. The molecule has 3 heteroatoms. The van der Waals surface area contributed by atoms with E-state index in [2.05, 4.69) is 11.9 Å². The molecule has 0 saturated heterocycles. The first kappa shape index (κ1) is 13.5. The Morgan fingerprint density at radius 2 is 1.83 bits per heavy atom. The first-order valence-electron chi connectivity index (χ1n) is 6.90. The van der Waals surface area contributed by atoms with Crippen molar-refractivity contribution in [1.82, 2.24) is 4.90 Å². The van der Waals surface area contributed by atoms with Crippen molar-refractivity contribution in [1.29, 1.82) is 0 Å². The zero-order valence-corrected chi connectivity index (χ0v) is 11.1. The van der Waals surface area contributed by atoms with Crippen molar-refractivity contribution in [3.63, 3.8) is 0 Å². The summed E-state index contributed by atoms with van der Waals surface area (Å²) in [5.41, 5.74) is 7.03. The zero-order chi connectivity index (χ0) is 13.0. The van der Waals surface area contributed by atoms with Crippen LogP contribution in [0.25, 0.3) is 0 Å². The van der Waals surface area contributed by atoms with Gasteiger partial charge < -0.3 is 5.73 Å². The third kappa shape index (κ3) is 3.09. The molecule has 1 unspecified atom stereocenters. The Balaban J connectivity index is 2.09. The molecule has 2 rings (SSSR count). The van der Waals surface area contributed by atoms with E-state index in [0.29, 0.717) is 12.6 Å². The normalized spacial score (nSPS) is 19.1. The van der Waals surface area contributed by atoms with E-state index >= 15 is 0 Å². The maximum absolute atomic E-state index is 13.0. The highest BCUT2D eigenvalue weighted by Gasteiger charge is 2.24. The number of benzene rings is 1. The van der Waals surface area contributed by atoms with Crippen LogP contribution in [0, 0.1) is 5.82 Å². The molecule has 100 valence electrons. The zero-order valence-electron chi connectivity index (χ0n) is 11.1. The highest BCUT2D eigenvalue weighted by Crippen LogP contribution is 2.28. The summed E-state index contributed by atoms with van der Waals surface area (Å²) >= 11 is 0. The van der Waals surface area contributed by atoms with Crippen LogP contribution in [0.1, 0.15) is 43.7 Å². The molecular formula is C15H23FN2. The molecule has 1 atom stereocenters. The fourth-order valence-corrected chi connectivity index (χ4v) is 2.97. The summed E-state index contributed by atoms with van der Waals surface area (Å²) in [7, 11) is 2.15. The lowest BCUT2D eigenvalue weighted by atomic mass is 9.92. The molecule has 0 aromatic heterocycles. The molecule has 2 nitrogen and oxygen atoms in total. The van der Waals surface area contributed by atoms with Crippen molar-refractivity contribution in [2.45, 2.75) is 44.2 Å². The van der Waals surface area contributed by atoms with Gasteiger partial charge in [0.1, 0.15) is 5.82 Å². The molecule has 1 saturated carbocycles. The van der Waals surface area contributed by atoms with Crippen molar-refractivity contribution in [2.24, 2.45) is 5.73 Å². The molecule has 0 spiro atoms. The van der Waals surface area contributed by atoms with Crippen LogP contribution in [0.4, 0.5) is 4.39 Å². The van der Waals surface area contributed by atoms with E-state index in [0.717, 1.165) is 5.56 Å². The Labute approximate surface area is 109 Å². The highest BCUT2D eigenvalue weighted by molar-refractivity contribution is 5.20. The fraction of sp³-hybridized carbons (Fsp3) is 0.600. The first-order chi connectivity index (χ1) is 8.72. The standard InChI is InChI=1S/C15H23FN2/c1-18(14-5-3-2-4-6-14)15(11-17)12-7-9-13(16)10-8-12/h7-10,14-15H,2-6,11,17H2,1H3. The lowest BCUT2D eigenvalue weighted by Crippen LogP contribution is -2.39. The third-order valence-electron chi connectivity index (χ3n) is 4.12. The molecule has 0 radical (unpaired) electrons. The molecule has 1 aromatic carbocycles. The Kier molecular flexibility index (Phi) is 4.72. The van der Waals surface area contributed by atoms with Gasteiger partial charge in [-0.05, 0) is 37.6 Å². The molecule has 1 aliphatic carbocycles. The third-order valence-corrected chi connectivity index (χ3v) is 4.12. The quantitative estimate of drug-likeness (QED) is 0.889. The summed E-state index contributed by atoms with van der Waals surface area (Å²) in [4.78, 5) is 2.38. The Morgan fingerprint density at radius 3 is 2.39 bits per heavy atom. The molecule has 1 fully saturated rings. The van der Waals surface area contributed by atoms with E-state index in [4.69, 9.17) is 5.73 Å². The number of halogens is 1. The molecular weight excluding hydrogens is 227 g/mol. The van der Waals surface area contributed by atoms with Crippen molar-refractivity contribution in [2.75, 3.05) is 13.6 Å². The van der Waals surface area contributed by atoms with Gasteiger partial charge in [-0.25, -0.2) is 4.39 Å². The van der Waals surface area contributed by atoms with Gasteiger partial charge in [0, 0.05) is 18.6 Å². The lowest BCUT2D eigenvalue weighted by Gasteiger charge is -2.37. The minimum Gasteiger partial charge on any atom is -0.329 e. The van der Waals surface area contributed by atoms with E-state index in [1.807, 2.05) is 12.1 Å². The van der Waals surface area contributed by atoms with Gasteiger partial charge in [-0.1, -0.05) is 31.4 Å². The average molecular weight is 250 g/mol. The smallest absolute Gasteiger partial charge is 0.123 e. The molecule has 0 amide bonds. The largest absolute Gasteiger partial charge is 0.329 e. The number of likely N-dealkylation sites (N-methyl/N-ethyl adjacent to an activating group) is 1. The monoisotopic (exact) mass is 250 g/mol. The van der Waals surface area contributed by atoms with Crippen LogP contribution in [0.3, 0.4) is 0 Å². The summed E-state index contributed by atoms with van der Waals surface area (Å²) in [5, 5.41) is 0. The minimum atomic E-state index is -0.185. The number of hydrogen-bond donors (Lipinski definition) is 1. The van der Waals surface area contributed by atoms with E-state index in [1.54, 1.807) is 0 Å². The summed E-state index contributed by atoms with van der Waals surface area (Å²) < 4.78 is 13.0. The first-order valence-corrected chi connectivity index (χ1v) is 6.90. The van der Waals surface area contributed by atoms with Gasteiger partial charge in [0.25, 0.3) is 0 Å². The average Bonchev–Trinajstić information content (AvgIpc) is 2.42. The maximum Gasteiger partial charge on any atom is 0.123 e. The van der Waals surface area contributed by atoms with Crippen molar-refractivity contribution < 1.29 is 4.39 Å². The van der Waals surface area contributed by atoms with Crippen LogP contribution in [-0.4, -0.2) is 24.5 Å². The molecule has 0 aliphatic heterocycles. The predicted molar refractivity (Wildman–Crippen MR) is 72.8 cm³/mol. The van der Waals surface area contributed by atoms with Crippen LogP contribution in [-0.2, 0) is 0 Å². The molecule has 1 aliphatic rings. The van der Waals surface area contributed by atoms with Gasteiger partial charge in [-0.2, -0.15) is 0 Å². The van der Waals surface area contributed by atoms with Gasteiger partial charge in [0.15, 0.2) is 0 Å². The minimum absolute atomic E-state index is 0.185. The molecule has 0 heterocycles. The second-order valence-corrected chi connectivity index (χ2v) is 5.26.